The Morgan fingerprint density at radius 3 is 2.38 bits per heavy atom. The van der Waals surface area contributed by atoms with Gasteiger partial charge in [-0.15, -0.1) is 0 Å². The summed E-state index contributed by atoms with van der Waals surface area (Å²) in [6.07, 6.45) is 3.55. The Bertz CT molecular complexity index is 1080. The molecule has 0 aliphatic heterocycles. The average Bonchev–Trinajstić information content (AvgIpc) is 3.40. The molecule has 6 heteroatoms. The van der Waals surface area contributed by atoms with Crippen LogP contribution >= 0.6 is 0 Å². The van der Waals surface area contributed by atoms with E-state index in [4.69, 9.17) is 0 Å². The Kier molecular flexibility index (Phi) is 4.99. The number of benzene rings is 2. The first-order chi connectivity index (χ1) is 14.0. The maximum atomic E-state index is 12.7. The molecule has 0 bridgehead atoms. The normalized spacial score (nSPS) is 13.0. The maximum Gasteiger partial charge on any atom is 0.272 e. The minimum absolute atomic E-state index is 0.140. The summed E-state index contributed by atoms with van der Waals surface area (Å²) in [5, 5.41) is 5.76. The van der Waals surface area contributed by atoms with Crippen molar-refractivity contribution in [2.75, 3.05) is 5.32 Å². The van der Waals surface area contributed by atoms with Crippen LogP contribution in [-0.4, -0.2) is 28.6 Å². The molecule has 6 nitrogen and oxygen atoms in total. The van der Waals surface area contributed by atoms with Crippen LogP contribution < -0.4 is 10.6 Å². The van der Waals surface area contributed by atoms with E-state index in [0.29, 0.717) is 22.4 Å². The van der Waals surface area contributed by atoms with Gasteiger partial charge in [0.25, 0.3) is 11.8 Å². The van der Waals surface area contributed by atoms with E-state index in [1.807, 2.05) is 13.0 Å². The van der Waals surface area contributed by atoms with Gasteiger partial charge in [-0.25, -0.2) is 0 Å². The van der Waals surface area contributed by atoms with Gasteiger partial charge in [-0.3, -0.25) is 14.4 Å². The van der Waals surface area contributed by atoms with Crippen LogP contribution in [-0.2, 0) is 0 Å². The second-order valence-electron chi connectivity index (χ2n) is 7.23. The lowest BCUT2D eigenvalue weighted by Gasteiger charge is -2.10. The van der Waals surface area contributed by atoms with Crippen molar-refractivity contribution >= 4 is 23.3 Å². The summed E-state index contributed by atoms with van der Waals surface area (Å²) in [5.41, 5.74) is 3.15. The number of H-pyrrole nitrogens is 1. The molecule has 146 valence electrons. The summed E-state index contributed by atoms with van der Waals surface area (Å²) in [5.74, 6) is -0.672. The second-order valence-corrected chi connectivity index (χ2v) is 7.23. The molecule has 2 aromatic carbocycles. The molecule has 0 radical (unpaired) electrons. The Morgan fingerprint density at radius 2 is 1.66 bits per heavy atom. The monoisotopic (exact) mass is 387 g/mol. The highest BCUT2D eigenvalue weighted by Gasteiger charge is 2.24. The predicted octanol–water partition coefficient (Wildman–Crippen LogP) is 3.70. The van der Waals surface area contributed by atoms with Crippen LogP contribution in [0.4, 0.5) is 5.69 Å². The SMILES string of the molecule is Cc1ccc(C(=O)NC2CC2)cc1NC(=O)c1cc(C(=O)c2ccccc2)c[nH]1. The Hall–Kier alpha value is -3.67. The van der Waals surface area contributed by atoms with Gasteiger partial charge >= 0.3 is 0 Å². The lowest BCUT2D eigenvalue weighted by molar-refractivity contribution is 0.0949. The third-order valence-corrected chi connectivity index (χ3v) is 4.89. The van der Waals surface area contributed by atoms with Crippen LogP contribution in [0.2, 0.25) is 0 Å². The van der Waals surface area contributed by atoms with E-state index in [9.17, 15) is 14.4 Å². The van der Waals surface area contributed by atoms with E-state index in [-0.39, 0.29) is 29.3 Å². The van der Waals surface area contributed by atoms with Gasteiger partial charge in [0.05, 0.1) is 0 Å². The van der Waals surface area contributed by atoms with Gasteiger partial charge < -0.3 is 15.6 Å². The number of aryl methyl sites for hydroxylation is 1. The number of carbonyl (C=O) groups excluding carboxylic acids is 3. The molecule has 2 amide bonds. The van der Waals surface area contributed by atoms with Gasteiger partial charge in [-0.05, 0) is 43.5 Å². The molecule has 1 aliphatic rings. The van der Waals surface area contributed by atoms with Crippen LogP contribution in [0.1, 0.15) is 55.2 Å². The van der Waals surface area contributed by atoms with Gasteiger partial charge in [-0.2, -0.15) is 0 Å². The Balaban J connectivity index is 1.49. The van der Waals surface area contributed by atoms with Crippen molar-refractivity contribution in [3.05, 3.63) is 88.7 Å². The molecule has 29 heavy (non-hydrogen) atoms. The molecule has 3 aromatic rings. The molecule has 0 saturated heterocycles. The molecular formula is C23H21N3O3. The zero-order valence-electron chi connectivity index (χ0n) is 16.0. The number of nitrogens with one attached hydrogen (secondary N) is 3. The molecule has 1 aromatic heterocycles. The molecule has 3 N–H and O–H groups in total. The smallest absolute Gasteiger partial charge is 0.272 e. The van der Waals surface area contributed by atoms with Crippen molar-refractivity contribution in [2.24, 2.45) is 0 Å². The molecule has 0 unspecified atom stereocenters. The molecule has 0 spiro atoms. The number of anilines is 1. The molecule has 4 rings (SSSR count). The van der Waals surface area contributed by atoms with E-state index in [1.165, 1.54) is 12.3 Å². The number of rotatable bonds is 6. The van der Waals surface area contributed by atoms with Crippen molar-refractivity contribution in [2.45, 2.75) is 25.8 Å². The molecule has 1 aliphatic carbocycles. The molecule has 1 fully saturated rings. The number of hydrogen-bond acceptors (Lipinski definition) is 3. The molecule has 1 saturated carbocycles. The van der Waals surface area contributed by atoms with Gasteiger partial charge in [-0.1, -0.05) is 36.4 Å². The largest absolute Gasteiger partial charge is 0.356 e. The van der Waals surface area contributed by atoms with Crippen LogP contribution in [0.5, 0.6) is 0 Å². The summed E-state index contributed by atoms with van der Waals surface area (Å²) < 4.78 is 0. The number of aromatic amines is 1. The van der Waals surface area contributed by atoms with Crippen molar-refractivity contribution in [1.29, 1.82) is 0 Å². The molecule has 0 atom stereocenters. The fourth-order valence-electron chi connectivity index (χ4n) is 3.00. The van der Waals surface area contributed by atoms with E-state index in [0.717, 1.165) is 18.4 Å². The maximum absolute atomic E-state index is 12.7. The highest BCUT2D eigenvalue weighted by Crippen LogP contribution is 2.22. The van der Waals surface area contributed by atoms with Crippen molar-refractivity contribution in [3.8, 4) is 0 Å². The summed E-state index contributed by atoms with van der Waals surface area (Å²) in [4.78, 5) is 40.3. The van der Waals surface area contributed by atoms with E-state index in [1.54, 1.807) is 42.5 Å². The Labute approximate surface area is 168 Å². The first-order valence-electron chi connectivity index (χ1n) is 9.52. The topological polar surface area (TPSA) is 91.1 Å². The summed E-state index contributed by atoms with van der Waals surface area (Å²) in [6.45, 7) is 1.86. The summed E-state index contributed by atoms with van der Waals surface area (Å²) in [6, 6.07) is 15.9. The highest BCUT2D eigenvalue weighted by molar-refractivity contribution is 6.11. The lowest BCUT2D eigenvalue weighted by Crippen LogP contribution is -2.25. The van der Waals surface area contributed by atoms with Gasteiger partial charge in [0.15, 0.2) is 5.78 Å². The Morgan fingerprint density at radius 1 is 0.897 bits per heavy atom. The first-order valence-corrected chi connectivity index (χ1v) is 9.52. The minimum atomic E-state index is -0.375. The third kappa shape index (κ3) is 4.27. The van der Waals surface area contributed by atoms with Crippen LogP contribution in [0.3, 0.4) is 0 Å². The second kappa shape index (κ2) is 7.75. The zero-order chi connectivity index (χ0) is 20.4. The molecule has 1 heterocycles. The average molecular weight is 387 g/mol. The number of amides is 2. The molecular weight excluding hydrogens is 366 g/mol. The van der Waals surface area contributed by atoms with Gasteiger partial charge in [0.2, 0.25) is 0 Å². The van der Waals surface area contributed by atoms with Gasteiger partial charge in [0, 0.05) is 34.6 Å². The van der Waals surface area contributed by atoms with E-state index < -0.39 is 0 Å². The fourth-order valence-corrected chi connectivity index (χ4v) is 3.00. The van der Waals surface area contributed by atoms with Crippen LogP contribution in [0.25, 0.3) is 0 Å². The number of ketones is 1. The van der Waals surface area contributed by atoms with Crippen LogP contribution in [0.15, 0.2) is 60.8 Å². The standard InChI is InChI=1S/C23H21N3O3/c1-14-7-8-16(22(28)25-18-9-10-18)11-19(14)26-23(29)20-12-17(13-24-20)21(27)15-5-3-2-4-6-15/h2-8,11-13,18,24H,9-10H2,1H3,(H,25,28)(H,26,29). The third-order valence-electron chi connectivity index (χ3n) is 4.89. The lowest BCUT2D eigenvalue weighted by atomic mass is 10.1. The minimum Gasteiger partial charge on any atom is -0.356 e. The van der Waals surface area contributed by atoms with E-state index >= 15 is 0 Å². The van der Waals surface area contributed by atoms with Crippen molar-refractivity contribution in [3.63, 3.8) is 0 Å². The number of carbonyl (C=O) groups is 3. The number of hydrogen-bond donors (Lipinski definition) is 3. The van der Waals surface area contributed by atoms with Gasteiger partial charge in [0.1, 0.15) is 5.69 Å². The van der Waals surface area contributed by atoms with Crippen molar-refractivity contribution in [1.82, 2.24) is 10.3 Å². The summed E-state index contributed by atoms with van der Waals surface area (Å²) >= 11 is 0. The first kappa shape index (κ1) is 18.7. The fraction of sp³-hybridized carbons (Fsp3) is 0.174. The predicted molar refractivity (Wildman–Crippen MR) is 110 cm³/mol. The zero-order valence-corrected chi connectivity index (χ0v) is 16.0. The quantitative estimate of drug-likeness (QED) is 0.563. The highest BCUT2D eigenvalue weighted by atomic mass is 16.2. The van der Waals surface area contributed by atoms with Crippen molar-refractivity contribution < 1.29 is 14.4 Å². The number of aromatic nitrogens is 1. The summed E-state index contributed by atoms with van der Waals surface area (Å²) in [7, 11) is 0. The van der Waals surface area contributed by atoms with E-state index in [2.05, 4.69) is 15.6 Å². The van der Waals surface area contributed by atoms with Crippen LogP contribution in [0, 0.1) is 6.92 Å².